The summed E-state index contributed by atoms with van der Waals surface area (Å²) < 4.78 is 17.1. The second-order valence-corrected chi connectivity index (χ2v) is 8.19. The lowest BCUT2D eigenvalue weighted by molar-refractivity contribution is -0.138. The Labute approximate surface area is 195 Å². The second kappa shape index (κ2) is 9.07. The Kier molecular flexibility index (Phi) is 5.81. The molecule has 13 nitrogen and oxygen atoms in total. The van der Waals surface area contributed by atoms with Crippen LogP contribution in [0.5, 0.6) is 11.5 Å². The average molecular weight is 486 g/mol. The molecule has 5 rings (SSSR count). The van der Waals surface area contributed by atoms with Gasteiger partial charge in [0, 0.05) is 17.9 Å². The maximum Gasteiger partial charge on any atom is 0.336 e. The molecule has 2 aliphatic rings. The van der Waals surface area contributed by atoms with Crippen LogP contribution in [0.15, 0.2) is 35.3 Å². The molecule has 0 radical (unpaired) electrons. The molecule has 4 heterocycles. The van der Waals surface area contributed by atoms with Crippen LogP contribution in [0.2, 0.25) is 0 Å². The van der Waals surface area contributed by atoms with Gasteiger partial charge in [-0.15, -0.1) is 16.4 Å². The lowest BCUT2D eigenvalue weighted by Gasteiger charge is -2.17. The van der Waals surface area contributed by atoms with Gasteiger partial charge in [0.2, 0.25) is 12.7 Å². The van der Waals surface area contributed by atoms with Crippen molar-refractivity contribution in [1.29, 1.82) is 0 Å². The van der Waals surface area contributed by atoms with E-state index >= 15 is 0 Å². The fraction of sp³-hybridized carbons (Fsp3) is 0.300. The number of carboxylic acid groups (broad SMARTS) is 1. The number of benzene rings is 1. The zero-order valence-electron chi connectivity index (χ0n) is 17.4. The number of hydrogen-bond acceptors (Lipinski definition) is 10. The van der Waals surface area contributed by atoms with Crippen molar-refractivity contribution in [3.63, 3.8) is 0 Å². The first-order chi connectivity index (χ1) is 16.5. The number of carboxylic acids is 1. The molecule has 2 aliphatic heterocycles. The first-order valence-corrected chi connectivity index (χ1v) is 11.1. The highest BCUT2D eigenvalue weighted by molar-refractivity contribution is 7.07. The van der Waals surface area contributed by atoms with Crippen molar-refractivity contribution in [1.82, 2.24) is 30.6 Å². The van der Waals surface area contributed by atoms with Crippen LogP contribution < -0.4 is 20.1 Å². The molecule has 1 saturated heterocycles. The van der Waals surface area contributed by atoms with Gasteiger partial charge in [0.15, 0.2) is 23.7 Å². The minimum atomic E-state index is -1.23. The zero-order valence-corrected chi connectivity index (χ0v) is 18.2. The van der Waals surface area contributed by atoms with Crippen LogP contribution in [0.3, 0.4) is 0 Å². The fourth-order valence-electron chi connectivity index (χ4n) is 3.34. The Morgan fingerprint density at radius 3 is 2.82 bits per heavy atom. The van der Waals surface area contributed by atoms with Gasteiger partial charge < -0.3 is 30.0 Å². The van der Waals surface area contributed by atoms with Crippen molar-refractivity contribution in [3.8, 4) is 17.2 Å². The largest absolute Gasteiger partial charge is 0.479 e. The Bertz CT molecular complexity index is 1230. The van der Waals surface area contributed by atoms with E-state index in [1.54, 1.807) is 35.3 Å². The Hall–Kier alpha value is -4.04. The van der Waals surface area contributed by atoms with Gasteiger partial charge in [-0.05, 0) is 12.1 Å². The highest BCUT2D eigenvalue weighted by Gasteiger charge is 2.51. The minimum Gasteiger partial charge on any atom is -0.479 e. The van der Waals surface area contributed by atoms with Gasteiger partial charge in [0.25, 0.3) is 5.91 Å². The van der Waals surface area contributed by atoms with Crippen molar-refractivity contribution in [3.05, 3.63) is 46.7 Å². The van der Waals surface area contributed by atoms with E-state index in [-0.39, 0.29) is 19.8 Å². The number of aliphatic carboxylic acids is 1. The SMILES string of the molecule is O=C(NCc1cn(-c2ccc3c(c2)OCO3)nn1)C(Cc1cscn1)NC(=O)C1OC1C(=O)O. The van der Waals surface area contributed by atoms with Gasteiger partial charge in [-0.2, -0.15) is 0 Å². The molecule has 3 N–H and O–H groups in total. The monoisotopic (exact) mass is 486 g/mol. The molecule has 14 heteroatoms. The van der Waals surface area contributed by atoms with E-state index in [0.29, 0.717) is 28.6 Å². The van der Waals surface area contributed by atoms with Gasteiger partial charge >= 0.3 is 5.97 Å². The van der Waals surface area contributed by atoms with Gasteiger partial charge in [-0.1, -0.05) is 5.21 Å². The van der Waals surface area contributed by atoms with Crippen LogP contribution >= 0.6 is 11.3 Å². The summed E-state index contributed by atoms with van der Waals surface area (Å²) in [6.07, 6.45) is -0.532. The average Bonchev–Trinajstić information content (AvgIpc) is 3.18. The molecule has 3 atom stereocenters. The molecule has 34 heavy (non-hydrogen) atoms. The van der Waals surface area contributed by atoms with E-state index in [9.17, 15) is 14.4 Å². The molecule has 3 unspecified atom stereocenters. The van der Waals surface area contributed by atoms with E-state index < -0.39 is 36.0 Å². The first kappa shape index (κ1) is 21.8. The van der Waals surface area contributed by atoms with Gasteiger partial charge in [-0.3, -0.25) is 9.59 Å². The zero-order chi connectivity index (χ0) is 23.7. The van der Waals surface area contributed by atoms with Crippen molar-refractivity contribution >= 4 is 29.1 Å². The lowest BCUT2D eigenvalue weighted by Crippen LogP contribution is -2.49. The molecule has 0 saturated carbocycles. The maximum atomic E-state index is 12.8. The van der Waals surface area contributed by atoms with Gasteiger partial charge in [-0.25, -0.2) is 14.5 Å². The van der Waals surface area contributed by atoms with Crippen LogP contribution in [0.1, 0.15) is 11.4 Å². The topological polar surface area (TPSA) is 170 Å². The Morgan fingerprint density at radius 2 is 2.06 bits per heavy atom. The number of epoxide rings is 1. The third-order valence-electron chi connectivity index (χ3n) is 5.13. The Morgan fingerprint density at radius 1 is 1.21 bits per heavy atom. The molecular weight excluding hydrogens is 468 g/mol. The summed E-state index contributed by atoms with van der Waals surface area (Å²) >= 11 is 1.36. The summed E-state index contributed by atoms with van der Waals surface area (Å²) in [4.78, 5) is 40.3. The summed E-state index contributed by atoms with van der Waals surface area (Å²) in [6.45, 7) is 0.223. The highest BCUT2D eigenvalue weighted by atomic mass is 32.1. The summed E-state index contributed by atoms with van der Waals surface area (Å²) in [5, 5.41) is 24.1. The third-order valence-corrected chi connectivity index (χ3v) is 5.76. The lowest BCUT2D eigenvalue weighted by atomic mass is 10.1. The number of amides is 2. The number of aromatic nitrogens is 4. The number of rotatable bonds is 9. The van der Waals surface area contributed by atoms with Crippen LogP contribution in [0.25, 0.3) is 5.69 Å². The molecular formula is C20H18N6O7S. The molecule has 3 aromatic rings. The van der Waals surface area contributed by atoms with E-state index in [1.165, 1.54) is 16.0 Å². The summed E-state index contributed by atoms with van der Waals surface area (Å²) in [7, 11) is 0. The number of fused-ring (bicyclic) bond motifs is 1. The van der Waals surface area contributed by atoms with Crippen molar-refractivity contribution in [2.24, 2.45) is 0 Å². The molecule has 2 aromatic heterocycles. The minimum absolute atomic E-state index is 0.0600. The van der Waals surface area contributed by atoms with Gasteiger partial charge in [0.05, 0.1) is 29.6 Å². The van der Waals surface area contributed by atoms with Crippen molar-refractivity contribution < 1.29 is 33.7 Å². The molecule has 1 aromatic carbocycles. The van der Waals surface area contributed by atoms with E-state index in [0.717, 1.165) is 0 Å². The van der Waals surface area contributed by atoms with Crippen LogP contribution in [0.4, 0.5) is 0 Å². The highest BCUT2D eigenvalue weighted by Crippen LogP contribution is 2.33. The number of nitrogens with zero attached hydrogens (tertiary/aromatic N) is 4. The summed E-state index contributed by atoms with van der Waals surface area (Å²) in [5.41, 5.74) is 3.43. The van der Waals surface area contributed by atoms with Gasteiger partial charge in [0.1, 0.15) is 11.7 Å². The van der Waals surface area contributed by atoms with Crippen molar-refractivity contribution in [2.75, 3.05) is 6.79 Å². The number of carbonyl (C=O) groups is 3. The van der Waals surface area contributed by atoms with Crippen molar-refractivity contribution in [2.45, 2.75) is 31.2 Å². The van der Waals surface area contributed by atoms with E-state index in [4.69, 9.17) is 19.3 Å². The standard InChI is InChI=1S/C20H18N6O7S/c27-18(13(3-10-7-34-8-22-10)23-19(28)16-17(33-16)20(29)30)21-5-11-6-26(25-24-11)12-1-2-14-15(4-12)32-9-31-14/h1-2,4,6-8,13,16-17H,3,5,9H2,(H,21,27)(H,23,28)(H,29,30). The number of hydrogen-bond donors (Lipinski definition) is 3. The van der Waals surface area contributed by atoms with Crippen LogP contribution in [0, 0.1) is 0 Å². The number of carbonyl (C=O) groups excluding carboxylic acids is 2. The fourth-order valence-corrected chi connectivity index (χ4v) is 3.92. The second-order valence-electron chi connectivity index (χ2n) is 7.47. The summed E-state index contributed by atoms with van der Waals surface area (Å²) in [5.74, 6) is -1.13. The molecule has 176 valence electrons. The third kappa shape index (κ3) is 4.67. The van der Waals surface area contributed by atoms with Crippen LogP contribution in [-0.4, -0.2) is 67.9 Å². The number of thiazole rings is 1. The normalized spacial score (nSPS) is 18.8. The number of ether oxygens (including phenoxy) is 3. The number of nitrogens with one attached hydrogen (secondary N) is 2. The molecule has 0 bridgehead atoms. The first-order valence-electron chi connectivity index (χ1n) is 10.1. The maximum absolute atomic E-state index is 12.8. The quantitative estimate of drug-likeness (QED) is 0.340. The smallest absolute Gasteiger partial charge is 0.336 e. The van der Waals surface area contributed by atoms with E-state index in [1.807, 2.05) is 0 Å². The predicted octanol–water partition coefficient (Wildman–Crippen LogP) is -0.352. The molecule has 1 fully saturated rings. The summed E-state index contributed by atoms with van der Waals surface area (Å²) in [6, 6.07) is 4.36. The molecule has 2 amide bonds. The van der Waals surface area contributed by atoms with Crippen LogP contribution in [-0.2, 0) is 32.1 Å². The molecule has 0 spiro atoms. The Balaban J connectivity index is 1.22. The van der Waals surface area contributed by atoms with E-state index in [2.05, 4.69) is 25.9 Å². The molecule has 0 aliphatic carbocycles. The predicted molar refractivity (Wildman–Crippen MR) is 113 cm³/mol.